The molecule has 3 rings (SSSR count). The number of nitrogens with zero attached hydrogens (tertiary/aromatic N) is 1. The van der Waals surface area contributed by atoms with Crippen molar-refractivity contribution >= 4 is 11.6 Å². The maximum Gasteiger partial charge on any atom is 0.223 e. The number of halogens is 1. The highest BCUT2D eigenvalue weighted by atomic mass is 19.1. The Balaban J connectivity index is 1.34. The van der Waals surface area contributed by atoms with Crippen LogP contribution in [0.15, 0.2) is 54.6 Å². The van der Waals surface area contributed by atoms with Crippen molar-refractivity contribution < 1.29 is 13.9 Å². The molecule has 1 saturated heterocycles. The van der Waals surface area contributed by atoms with Gasteiger partial charge in [-0.2, -0.15) is 0 Å². The zero-order valence-electron chi connectivity index (χ0n) is 14.2. The Morgan fingerprint density at radius 1 is 1.16 bits per heavy atom. The Morgan fingerprint density at radius 3 is 2.68 bits per heavy atom. The normalized spacial score (nSPS) is 16.7. The zero-order chi connectivity index (χ0) is 17.5. The van der Waals surface area contributed by atoms with Gasteiger partial charge in [0.15, 0.2) is 0 Å². The van der Waals surface area contributed by atoms with Gasteiger partial charge in [-0.3, -0.25) is 4.79 Å². The first kappa shape index (κ1) is 17.3. The number of rotatable bonds is 7. The van der Waals surface area contributed by atoms with Crippen molar-refractivity contribution in [3.05, 3.63) is 60.4 Å². The molecule has 0 bridgehead atoms. The van der Waals surface area contributed by atoms with Crippen LogP contribution in [-0.2, 0) is 4.79 Å². The van der Waals surface area contributed by atoms with Crippen LogP contribution in [0.1, 0.15) is 12.8 Å². The van der Waals surface area contributed by atoms with Crippen LogP contribution in [0.5, 0.6) is 5.75 Å². The minimum Gasteiger partial charge on any atom is -0.493 e. The lowest BCUT2D eigenvalue weighted by atomic mass is 10.1. The summed E-state index contributed by atoms with van der Waals surface area (Å²) in [4.78, 5) is 14.2. The summed E-state index contributed by atoms with van der Waals surface area (Å²) < 4.78 is 18.5. The zero-order valence-corrected chi connectivity index (χ0v) is 14.2. The standard InChI is InChI=1S/C20H23FN2O2/c21-17-6-8-18(9-7-17)23-12-10-16(15-23)14-22-20(24)11-13-25-19-4-2-1-3-5-19/h1-9,16H,10-15H2,(H,22,24). The molecule has 25 heavy (non-hydrogen) atoms. The topological polar surface area (TPSA) is 41.6 Å². The lowest BCUT2D eigenvalue weighted by Crippen LogP contribution is -2.31. The van der Waals surface area contributed by atoms with E-state index in [4.69, 9.17) is 4.74 Å². The van der Waals surface area contributed by atoms with Crippen molar-refractivity contribution in [2.75, 3.05) is 31.1 Å². The lowest BCUT2D eigenvalue weighted by molar-refractivity contribution is -0.121. The quantitative estimate of drug-likeness (QED) is 0.840. The van der Waals surface area contributed by atoms with E-state index in [0.29, 0.717) is 25.5 Å². The van der Waals surface area contributed by atoms with E-state index in [1.165, 1.54) is 12.1 Å². The van der Waals surface area contributed by atoms with E-state index < -0.39 is 0 Å². The fraction of sp³-hybridized carbons (Fsp3) is 0.350. The van der Waals surface area contributed by atoms with Gasteiger partial charge in [0.1, 0.15) is 11.6 Å². The second-order valence-corrected chi connectivity index (χ2v) is 6.29. The molecule has 132 valence electrons. The third kappa shape index (κ3) is 5.21. The molecule has 0 aliphatic carbocycles. The van der Waals surface area contributed by atoms with E-state index in [9.17, 15) is 9.18 Å². The number of para-hydroxylation sites is 1. The molecule has 0 radical (unpaired) electrons. The van der Waals surface area contributed by atoms with Crippen LogP contribution in [0.25, 0.3) is 0 Å². The monoisotopic (exact) mass is 342 g/mol. The molecule has 1 unspecified atom stereocenters. The SMILES string of the molecule is O=C(CCOc1ccccc1)NCC1CCN(c2ccc(F)cc2)C1. The number of amides is 1. The summed E-state index contributed by atoms with van der Waals surface area (Å²) in [5, 5.41) is 2.99. The number of ether oxygens (including phenoxy) is 1. The van der Waals surface area contributed by atoms with E-state index in [1.807, 2.05) is 30.3 Å². The Hall–Kier alpha value is -2.56. The summed E-state index contributed by atoms with van der Waals surface area (Å²) in [6, 6.07) is 16.1. The minimum absolute atomic E-state index is 0.0103. The van der Waals surface area contributed by atoms with E-state index in [0.717, 1.165) is 30.9 Å². The summed E-state index contributed by atoms with van der Waals surface area (Å²) in [6.45, 7) is 2.86. The maximum absolute atomic E-state index is 13.0. The molecule has 1 atom stereocenters. The van der Waals surface area contributed by atoms with Gasteiger partial charge in [-0.05, 0) is 48.7 Å². The fourth-order valence-electron chi connectivity index (χ4n) is 3.01. The Kier molecular flexibility index (Phi) is 5.88. The van der Waals surface area contributed by atoms with Crippen molar-refractivity contribution in [2.45, 2.75) is 12.8 Å². The average Bonchev–Trinajstić information content (AvgIpc) is 3.10. The van der Waals surface area contributed by atoms with Gasteiger partial charge in [0.25, 0.3) is 0 Å². The van der Waals surface area contributed by atoms with E-state index in [2.05, 4.69) is 10.2 Å². The number of hydrogen-bond acceptors (Lipinski definition) is 3. The molecule has 0 aromatic heterocycles. The van der Waals surface area contributed by atoms with Crippen LogP contribution in [0.3, 0.4) is 0 Å². The number of anilines is 1. The average molecular weight is 342 g/mol. The van der Waals surface area contributed by atoms with Gasteiger partial charge < -0.3 is 15.0 Å². The molecule has 5 heteroatoms. The van der Waals surface area contributed by atoms with Crippen molar-refractivity contribution in [2.24, 2.45) is 5.92 Å². The summed E-state index contributed by atoms with van der Waals surface area (Å²) in [7, 11) is 0. The number of hydrogen-bond donors (Lipinski definition) is 1. The van der Waals surface area contributed by atoms with E-state index >= 15 is 0 Å². The molecule has 1 fully saturated rings. The van der Waals surface area contributed by atoms with Gasteiger partial charge >= 0.3 is 0 Å². The molecule has 1 N–H and O–H groups in total. The molecule has 1 aliphatic heterocycles. The van der Waals surface area contributed by atoms with Crippen LogP contribution < -0.4 is 15.0 Å². The molecule has 1 amide bonds. The smallest absolute Gasteiger partial charge is 0.223 e. The first-order valence-corrected chi connectivity index (χ1v) is 8.66. The summed E-state index contributed by atoms with van der Waals surface area (Å²) in [6.07, 6.45) is 1.38. The summed E-state index contributed by atoms with van der Waals surface area (Å²) in [5.74, 6) is 0.991. The van der Waals surface area contributed by atoms with Crippen molar-refractivity contribution in [3.8, 4) is 5.75 Å². The van der Waals surface area contributed by atoms with Crippen LogP contribution in [0.4, 0.5) is 10.1 Å². The Bertz CT molecular complexity index is 676. The molecule has 2 aromatic carbocycles. The second kappa shape index (κ2) is 8.51. The first-order valence-electron chi connectivity index (χ1n) is 8.66. The molecule has 1 heterocycles. The predicted molar refractivity (Wildman–Crippen MR) is 96.3 cm³/mol. The number of nitrogens with one attached hydrogen (secondary N) is 1. The lowest BCUT2D eigenvalue weighted by Gasteiger charge is -2.18. The second-order valence-electron chi connectivity index (χ2n) is 6.29. The minimum atomic E-state index is -0.218. The van der Waals surface area contributed by atoms with Crippen molar-refractivity contribution in [3.63, 3.8) is 0 Å². The third-order valence-corrected chi connectivity index (χ3v) is 4.41. The highest BCUT2D eigenvalue weighted by Crippen LogP contribution is 2.23. The summed E-state index contributed by atoms with van der Waals surface area (Å²) >= 11 is 0. The Labute approximate surface area is 147 Å². The Morgan fingerprint density at radius 2 is 1.92 bits per heavy atom. The predicted octanol–water partition coefficient (Wildman–Crippen LogP) is 3.24. The number of carbonyl (C=O) groups excluding carboxylic acids is 1. The molecular formula is C20H23FN2O2. The van der Waals surface area contributed by atoms with Crippen LogP contribution in [0.2, 0.25) is 0 Å². The highest BCUT2D eigenvalue weighted by molar-refractivity contribution is 5.76. The fourth-order valence-corrected chi connectivity index (χ4v) is 3.01. The van der Waals surface area contributed by atoms with Gasteiger partial charge in [0, 0.05) is 25.3 Å². The molecule has 0 spiro atoms. The molecule has 0 saturated carbocycles. The number of benzene rings is 2. The van der Waals surface area contributed by atoms with Crippen molar-refractivity contribution in [1.29, 1.82) is 0 Å². The maximum atomic E-state index is 13.0. The third-order valence-electron chi connectivity index (χ3n) is 4.41. The van der Waals surface area contributed by atoms with Crippen LogP contribution in [0, 0.1) is 11.7 Å². The van der Waals surface area contributed by atoms with Gasteiger partial charge in [0.2, 0.25) is 5.91 Å². The molecule has 2 aromatic rings. The highest BCUT2D eigenvalue weighted by Gasteiger charge is 2.23. The largest absolute Gasteiger partial charge is 0.493 e. The number of carbonyl (C=O) groups is 1. The van der Waals surface area contributed by atoms with Gasteiger partial charge in [0.05, 0.1) is 13.0 Å². The van der Waals surface area contributed by atoms with Gasteiger partial charge in [-0.25, -0.2) is 4.39 Å². The molecular weight excluding hydrogens is 319 g/mol. The molecule has 4 nitrogen and oxygen atoms in total. The van der Waals surface area contributed by atoms with Crippen LogP contribution >= 0.6 is 0 Å². The van der Waals surface area contributed by atoms with Gasteiger partial charge in [-0.15, -0.1) is 0 Å². The first-order chi connectivity index (χ1) is 12.2. The molecule has 1 aliphatic rings. The van der Waals surface area contributed by atoms with Gasteiger partial charge in [-0.1, -0.05) is 18.2 Å². The van der Waals surface area contributed by atoms with E-state index in [1.54, 1.807) is 12.1 Å². The summed E-state index contributed by atoms with van der Waals surface area (Å²) in [5.41, 5.74) is 1.03. The van der Waals surface area contributed by atoms with E-state index in [-0.39, 0.29) is 11.7 Å². The van der Waals surface area contributed by atoms with Crippen LogP contribution in [-0.4, -0.2) is 32.1 Å². The van der Waals surface area contributed by atoms with Crippen molar-refractivity contribution in [1.82, 2.24) is 5.32 Å².